The minimum atomic E-state index is -0.958. The van der Waals surface area contributed by atoms with Crippen LogP contribution in [0.1, 0.15) is 57.9 Å². The van der Waals surface area contributed by atoms with Gasteiger partial charge < -0.3 is 29.9 Å². The highest BCUT2D eigenvalue weighted by Crippen LogP contribution is 2.24. The van der Waals surface area contributed by atoms with Crippen LogP contribution in [0.2, 0.25) is 0 Å². The first-order valence-corrected chi connectivity index (χ1v) is 14.2. The summed E-state index contributed by atoms with van der Waals surface area (Å²) in [6.07, 6.45) is 3.88. The van der Waals surface area contributed by atoms with E-state index in [1.165, 1.54) is 6.92 Å². The highest BCUT2D eigenvalue weighted by molar-refractivity contribution is 5.85. The third-order valence-corrected chi connectivity index (χ3v) is 7.42. The van der Waals surface area contributed by atoms with Crippen molar-refractivity contribution in [3.05, 3.63) is 35.9 Å². The molecule has 11 heteroatoms. The van der Waals surface area contributed by atoms with Crippen molar-refractivity contribution in [2.45, 2.75) is 65.0 Å². The number of nitrogens with one attached hydrogen (secondary N) is 2. The van der Waals surface area contributed by atoms with Crippen LogP contribution in [0.5, 0.6) is 0 Å². The molecule has 0 saturated carbocycles. The van der Waals surface area contributed by atoms with Crippen molar-refractivity contribution < 1.29 is 33.4 Å². The van der Waals surface area contributed by atoms with E-state index in [9.17, 15) is 24.0 Å². The van der Waals surface area contributed by atoms with Crippen molar-refractivity contribution in [1.29, 1.82) is 0 Å². The lowest BCUT2D eigenvalue weighted by atomic mass is 9.91. The molecule has 1 aromatic carbocycles. The minimum Gasteiger partial charge on any atom is -0.464 e. The highest BCUT2D eigenvalue weighted by Gasteiger charge is 2.31. The number of amides is 4. The van der Waals surface area contributed by atoms with Gasteiger partial charge in [0.05, 0.1) is 12.5 Å². The molecule has 2 fully saturated rings. The Kier molecular flexibility index (Phi) is 12.2. The van der Waals surface area contributed by atoms with E-state index in [1.807, 2.05) is 30.3 Å². The Morgan fingerprint density at radius 3 is 2.38 bits per heavy atom. The molecule has 2 heterocycles. The summed E-state index contributed by atoms with van der Waals surface area (Å²) in [4.78, 5) is 65.1. The van der Waals surface area contributed by atoms with Crippen LogP contribution in [0.3, 0.4) is 0 Å². The fraction of sp³-hybridized carbons (Fsp3) is 0.621. The molecule has 0 aliphatic carbocycles. The van der Waals surface area contributed by atoms with Gasteiger partial charge in [-0.25, -0.2) is 9.59 Å². The molecule has 2 saturated heterocycles. The molecule has 0 spiro atoms. The average Bonchev–Trinajstić information content (AvgIpc) is 2.97. The fourth-order valence-corrected chi connectivity index (χ4v) is 5.15. The summed E-state index contributed by atoms with van der Waals surface area (Å²) in [5.74, 6) is -1.22. The number of rotatable bonds is 11. The Bertz CT molecular complexity index is 1010. The number of hydrogen-bond acceptors (Lipinski definition) is 7. The first kappa shape index (κ1) is 30.9. The van der Waals surface area contributed by atoms with Crippen LogP contribution in [0.4, 0.5) is 4.79 Å². The summed E-state index contributed by atoms with van der Waals surface area (Å²) in [5.41, 5.74) is 0.951. The topological polar surface area (TPSA) is 134 Å². The highest BCUT2D eigenvalue weighted by atomic mass is 16.6. The van der Waals surface area contributed by atoms with E-state index in [-0.39, 0.29) is 43.6 Å². The molecule has 40 heavy (non-hydrogen) atoms. The zero-order valence-corrected chi connectivity index (χ0v) is 23.6. The van der Waals surface area contributed by atoms with Crippen molar-refractivity contribution in [1.82, 2.24) is 20.4 Å². The van der Waals surface area contributed by atoms with Crippen molar-refractivity contribution >= 4 is 29.8 Å². The van der Waals surface area contributed by atoms with Crippen LogP contribution in [-0.4, -0.2) is 85.0 Å². The number of piperidine rings is 2. The normalized spacial score (nSPS) is 18.4. The first-order valence-electron chi connectivity index (χ1n) is 14.2. The van der Waals surface area contributed by atoms with Crippen LogP contribution >= 0.6 is 0 Å². The Labute approximate surface area is 235 Å². The maximum atomic E-state index is 13.0. The molecule has 0 bridgehead atoms. The quantitative estimate of drug-likeness (QED) is 0.398. The van der Waals surface area contributed by atoms with Crippen LogP contribution < -0.4 is 10.6 Å². The van der Waals surface area contributed by atoms with Gasteiger partial charge in [-0.15, -0.1) is 0 Å². The van der Waals surface area contributed by atoms with E-state index in [0.717, 1.165) is 31.2 Å². The largest absolute Gasteiger partial charge is 0.464 e. The lowest BCUT2D eigenvalue weighted by Crippen LogP contribution is -2.51. The molecule has 3 rings (SSSR count). The van der Waals surface area contributed by atoms with E-state index in [2.05, 4.69) is 10.6 Å². The summed E-state index contributed by atoms with van der Waals surface area (Å²) in [7, 11) is 0. The second-order valence-electron chi connectivity index (χ2n) is 10.4. The third kappa shape index (κ3) is 9.84. The van der Waals surface area contributed by atoms with E-state index in [4.69, 9.17) is 9.47 Å². The molecule has 2 N–H and O–H groups in total. The Morgan fingerprint density at radius 1 is 0.975 bits per heavy atom. The Morgan fingerprint density at radius 2 is 1.70 bits per heavy atom. The molecule has 2 aliphatic heterocycles. The second-order valence-corrected chi connectivity index (χ2v) is 10.4. The number of ether oxygens (including phenoxy) is 2. The van der Waals surface area contributed by atoms with Gasteiger partial charge in [-0.05, 0) is 50.5 Å². The predicted octanol–water partition coefficient (Wildman–Crippen LogP) is 2.24. The molecule has 0 unspecified atom stereocenters. The molecule has 0 radical (unpaired) electrons. The number of carbonyl (C=O) groups excluding carboxylic acids is 5. The summed E-state index contributed by atoms with van der Waals surface area (Å²) < 4.78 is 10.4. The van der Waals surface area contributed by atoms with Crippen molar-refractivity contribution in [3.8, 4) is 0 Å². The molecule has 220 valence electrons. The molecule has 1 aromatic rings. The zero-order valence-electron chi connectivity index (χ0n) is 23.6. The van der Waals surface area contributed by atoms with E-state index >= 15 is 0 Å². The maximum absolute atomic E-state index is 13.0. The Balaban J connectivity index is 1.36. The van der Waals surface area contributed by atoms with Crippen molar-refractivity contribution in [2.75, 3.05) is 39.3 Å². The minimum absolute atomic E-state index is 0.0323. The number of esters is 1. The lowest BCUT2D eigenvalue weighted by Gasteiger charge is -2.34. The fourth-order valence-electron chi connectivity index (χ4n) is 5.15. The number of carbonyl (C=O) groups is 5. The van der Waals surface area contributed by atoms with Gasteiger partial charge in [0.2, 0.25) is 17.7 Å². The maximum Gasteiger partial charge on any atom is 0.410 e. The van der Waals surface area contributed by atoms with Gasteiger partial charge in [0.1, 0.15) is 12.6 Å². The van der Waals surface area contributed by atoms with Gasteiger partial charge in [0.15, 0.2) is 0 Å². The average molecular weight is 559 g/mol. The van der Waals surface area contributed by atoms with E-state index in [1.54, 1.807) is 16.7 Å². The van der Waals surface area contributed by atoms with Crippen molar-refractivity contribution in [3.63, 3.8) is 0 Å². The van der Waals surface area contributed by atoms with Gasteiger partial charge in [0.25, 0.3) is 0 Å². The summed E-state index contributed by atoms with van der Waals surface area (Å²) in [5, 5.41) is 5.23. The van der Waals surface area contributed by atoms with E-state index in [0.29, 0.717) is 44.9 Å². The summed E-state index contributed by atoms with van der Waals surface area (Å²) in [6.45, 7) is 5.50. The smallest absolute Gasteiger partial charge is 0.410 e. The standard InChI is InChI=1S/C29H42N4O7/c1-3-39-28(37)25(31-21(2)34)18-30-27(36)24-10-7-15-33(19-24)26(35)12-11-22-13-16-32(17-14-22)29(38)40-20-23-8-5-4-6-9-23/h4-6,8-9,22,24-25H,3,7,10-20H2,1-2H3,(H,30,36)(H,31,34)/t24-,25+/m1/s1. The SMILES string of the molecule is CCOC(=O)[C@H](CNC(=O)[C@@H]1CCCN(C(=O)CCC2CCN(C(=O)OCc3ccccc3)CC2)C1)NC(C)=O. The number of hydrogen-bond donors (Lipinski definition) is 2. The van der Waals surface area contributed by atoms with Crippen molar-refractivity contribution in [2.24, 2.45) is 11.8 Å². The Hall–Kier alpha value is -3.63. The summed E-state index contributed by atoms with van der Waals surface area (Å²) in [6, 6.07) is 8.62. The third-order valence-electron chi connectivity index (χ3n) is 7.42. The van der Waals surface area contributed by atoms with Crippen LogP contribution in [0, 0.1) is 11.8 Å². The van der Waals surface area contributed by atoms with Crippen LogP contribution in [0.15, 0.2) is 30.3 Å². The summed E-state index contributed by atoms with van der Waals surface area (Å²) >= 11 is 0. The molecule has 2 atom stereocenters. The molecular formula is C29H42N4O7. The second kappa shape index (κ2) is 15.8. The van der Waals surface area contributed by atoms with Crippen LogP contribution in [-0.2, 0) is 35.3 Å². The number of benzene rings is 1. The van der Waals surface area contributed by atoms with Gasteiger partial charge >= 0.3 is 12.1 Å². The molecular weight excluding hydrogens is 516 g/mol. The molecule has 11 nitrogen and oxygen atoms in total. The zero-order chi connectivity index (χ0) is 28.9. The van der Waals surface area contributed by atoms with Gasteiger partial charge in [-0.1, -0.05) is 30.3 Å². The number of nitrogens with zero attached hydrogens (tertiary/aromatic N) is 2. The van der Waals surface area contributed by atoms with Crippen LogP contribution in [0.25, 0.3) is 0 Å². The molecule has 2 aliphatic rings. The first-order chi connectivity index (χ1) is 19.3. The molecule has 0 aromatic heterocycles. The van der Waals surface area contributed by atoms with Gasteiger partial charge in [0, 0.05) is 46.1 Å². The van der Waals surface area contributed by atoms with E-state index < -0.39 is 17.9 Å². The number of likely N-dealkylation sites (tertiary alicyclic amines) is 2. The van der Waals surface area contributed by atoms with Gasteiger partial charge in [-0.2, -0.15) is 0 Å². The molecule has 4 amide bonds. The monoisotopic (exact) mass is 558 g/mol. The lowest BCUT2D eigenvalue weighted by molar-refractivity contribution is -0.147. The van der Waals surface area contributed by atoms with Gasteiger partial charge in [-0.3, -0.25) is 14.4 Å². The predicted molar refractivity (Wildman–Crippen MR) is 147 cm³/mol.